The molecule has 2 aromatic heterocycles. The fourth-order valence-electron chi connectivity index (χ4n) is 1.85. The predicted molar refractivity (Wildman–Crippen MR) is 73.2 cm³/mol. The van der Waals surface area contributed by atoms with Gasteiger partial charge in [-0.3, -0.25) is 0 Å². The van der Waals surface area contributed by atoms with E-state index in [2.05, 4.69) is 15.5 Å². The summed E-state index contributed by atoms with van der Waals surface area (Å²) < 4.78 is 43.5. The standard InChI is InChI=1S/C13H10F3N3OS/c1-7-4-9(19-20-7)6-17-12-18-10-5-8(13(14,15)16)2-3-11(10)21-12/h2-5H,6H2,1H3,(H,17,18). The summed E-state index contributed by atoms with van der Waals surface area (Å²) in [4.78, 5) is 4.16. The van der Waals surface area contributed by atoms with Crippen LogP contribution in [0.2, 0.25) is 0 Å². The first-order valence-corrected chi connectivity index (χ1v) is 6.87. The van der Waals surface area contributed by atoms with Crippen molar-refractivity contribution in [1.82, 2.24) is 10.1 Å². The van der Waals surface area contributed by atoms with Crippen LogP contribution >= 0.6 is 11.3 Å². The van der Waals surface area contributed by atoms with E-state index in [1.54, 1.807) is 13.0 Å². The Bertz CT molecular complexity index is 778. The van der Waals surface area contributed by atoms with Crippen LogP contribution in [-0.4, -0.2) is 10.1 Å². The summed E-state index contributed by atoms with van der Waals surface area (Å²) in [5.74, 6) is 0.700. The van der Waals surface area contributed by atoms with Crippen molar-refractivity contribution in [3.63, 3.8) is 0 Å². The minimum atomic E-state index is -4.36. The van der Waals surface area contributed by atoms with Gasteiger partial charge in [0.1, 0.15) is 11.5 Å². The summed E-state index contributed by atoms with van der Waals surface area (Å²) in [6.45, 7) is 2.19. The molecule has 0 atom stereocenters. The lowest BCUT2D eigenvalue weighted by Gasteiger charge is -2.04. The number of alkyl halides is 3. The molecule has 2 heterocycles. The highest BCUT2D eigenvalue weighted by Gasteiger charge is 2.30. The number of rotatable bonds is 3. The first kappa shape index (κ1) is 13.9. The number of anilines is 1. The molecule has 8 heteroatoms. The van der Waals surface area contributed by atoms with Gasteiger partial charge in [-0.05, 0) is 25.1 Å². The van der Waals surface area contributed by atoms with Crippen LogP contribution in [0.5, 0.6) is 0 Å². The van der Waals surface area contributed by atoms with Crippen molar-refractivity contribution in [3.8, 4) is 0 Å². The fraction of sp³-hybridized carbons (Fsp3) is 0.231. The van der Waals surface area contributed by atoms with Gasteiger partial charge in [-0.15, -0.1) is 0 Å². The van der Waals surface area contributed by atoms with Crippen LogP contribution in [0.15, 0.2) is 28.8 Å². The molecule has 21 heavy (non-hydrogen) atoms. The maximum atomic E-state index is 12.6. The van der Waals surface area contributed by atoms with Gasteiger partial charge in [0.2, 0.25) is 0 Å². The number of hydrogen-bond acceptors (Lipinski definition) is 5. The topological polar surface area (TPSA) is 51.0 Å². The zero-order valence-corrected chi connectivity index (χ0v) is 11.7. The molecule has 0 aliphatic carbocycles. The Hall–Kier alpha value is -2.09. The van der Waals surface area contributed by atoms with Gasteiger partial charge in [0.25, 0.3) is 0 Å². The van der Waals surface area contributed by atoms with Crippen molar-refractivity contribution < 1.29 is 17.7 Å². The number of halogens is 3. The van der Waals surface area contributed by atoms with E-state index in [4.69, 9.17) is 4.52 Å². The van der Waals surface area contributed by atoms with Crippen LogP contribution < -0.4 is 5.32 Å². The number of hydrogen-bond donors (Lipinski definition) is 1. The minimum absolute atomic E-state index is 0.327. The number of nitrogens with one attached hydrogen (secondary N) is 1. The number of thiazole rings is 1. The van der Waals surface area contributed by atoms with Crippen molar-refractivity contribution in [3.05, 3.63) is 41.3 Å². The van der Waals surface area contributed by atoms with E-state index in [9.17, 15) is 13.2 Å². The van der Waals surface area contributed by atoms with Gasteiger partial charge < -0.3 is 9.84 Å². The lowest BCUT2D eigenvalue weighted by molar-refractivity contribution is -0.137. The van der Waals surface area contributed by atoms with Gasteiger partial charge in [0.15, 0.2) is 5.13 Å². The first-order chi connectivity index (χ1) is 9.91. The normalized spacial score (nSPS) is 12.0. The quantitative estimate of drug-likeness (QED) is 0.786. The van der Waals surface area contributed by atoms with Crippen molar-refractivity contribution in [2.24, 2.45) is 0 Å². The Morgan fingerprint density at radius 2 is 2.10 bits per heavy atom. The van der Waals surface area contributed by atoms with Crippen LogP contribution in [-0.2, 0) is 12.7 Å². The van der Waals surface area contributed by atoms with E-state index >= 15 is 0 Å². The van der Waals surface area contributed by atoms with Crippen molar-refractivity contribution >= 4 is 26.7 Å². The zero-order valence-electron chi connectivity index (χ0n) is 10.9. The molecule has 0 radical (unpaired) electrons. The Morgan fingerprint density at radius 3 is 2.76 bits per heavy atom. The number of aromatic nitrogens is 2. The molecule has 0 amide bonds. The van der Waals surface area contributed by atoms with E-state index < -0.39 is 11.7 Å². The van der Waals surface area contributed by atoms with Crippen molar-refractivity contribution in [2.45, 2.75) is 19.6 Å². The van der Waals surface area contributed by atoms with Gasteiger partial charge in [-0.25, -0.2) is 4.98 Å². The second-order valence-corrected chi connectivity index (χ2v) is 5.51. The fourth-order valence-corrected chi connectivity index (χ4v) is 2.69. The summed E-state index contributed by atoms with van der Waals surface area (Å²) >= 11 is 1.29. The molecule has 0 aliphatic heterocycles. The van der Waals surface area contributed by atoms with Gasteiger partial charge in [-0.2, -0.15) is 13.2 Å². The number of fused-ring (bicyclic) bond motifs is 1. The molecule has 110 valence electrons. The third kappa shape index (κ3) is 2.99. The van der Waals surface area contributed by atoms with E-state index in [1.165, 1.54) is 17.4 Å². The number of aryl methyl sites for hydroxylation is 1. The van der Waals surface area contributed by atoms with Crippen molar-refractivity contribution in [1.29, 1.82) is 0 Å². The van der Waals surface area contributed by atoms with Gasteiger partial charge >= 0.3 is 6.18 Å². The third-order valence-corrected chi connectivity index (χ3v) is 3.81. The largest absolute Gasteiger partial charge is 0.416 e. The summed E-state index contributed by atoms with van der Waals surface area (Å²) in [5, 5.41) is 7.39. The molecule has 4 nitrogen and oxygen atoms in total. The average Bonchev–Trinajstić information content (AvgIpc) is 2.99. The molecular formula is C13H10F3N3OS. The minimum Gasteiger partial charge on any atom is -0.361 e. The molecule has 0 bridgehead atoms. The van der Waals surface area contributed by atoms with Crippen molar-refractivity contribution in [2.75, 3.05) is 5.32 Å². The number of benzene rings is 1. The molecular weight excluding hydrogens is 303 g/mol. The summed E-state index contributed by atoms with van der Waals surface area (Å²) in [5.41, 5.74) is 0.343. The molecule has 0 unspecified atom stereocenters. The molecule has 3 aromatic rings. The SMILES string of the molecule is Cc1cc(CNc2nc3cc(C(F)(F)F)ccc3s2)no1. The van der Waals surface area contributed by atoms with Crippen LogP contribution in [0.25, 0.3) is 10.2 Å². The Morgan fingerprint density at radius 1 is 1.29 bits per heavy atom. The second kappa shape index (κ2) is 5.03. The van der Waals surface area contributed by atoms with E-state index in [1.807, 2.05) is 0 Å². The second-order valence-electron chi connectivity index (χ2n) is 4.48. The Labute approximate surface area is 121 Å². The molecule has 0 saturated carbocycles. The molecule has 0 aliphatic rings. The number of nitrogens with zero attached hydrogens (tertiary/aromatic N) is 2. The van der Waals surface area contributed by atoms with Crippen LogP contribution in [0.4, 0.5) is 18.3 Å². The molecule has 0 fully saturated rings. The molecule has 0 saturated heterocycles. The summed E-state index contributed by atoms with van der Waals surface area (Å²) in [6.07, 6.45) is -4.36. The molecule has 1 aromatic carbocycles. The Kier molecular flexibility index (Phi) is 3.32. The lowest BCUT2D eigenvalue weighted by Crippen LogP contribution is -2.04. The first-order valence-electron chi connectivity index (χ1n) is 6.06. The highest BCUT2D eigenvalue weighted by Crippen LogP contribution is 2.34. The summed E-state index contributed by atoms with van der Waals surface area (Å²) in [6, 6.07) is 5.33. The monoisotopic (exact) mass is 313 g/mol. The highest BCUT2D eigenvalue weighted by molar-refractivity contribution is 7.22. The smallest absolute Gasteiger partial charge is 0.361 e. The maximum absolute atomic E-state index is 12.6. The average molecular weight is 313 g/mol. The van der Waals surface area contributed by atoms with E-state index in [0.29, 0.717) is 33.3 Å². The van der Waals surface area contributed by atoms with Gasteiger partial charge in [-0.1, -0.05) is 16.5 Å². The van der Waals surface area contributed by atoms with Crippen LogP contribution in [0, 0.1) is 6.92 Å². The van der Waals surface area contributed by atoms with Crippen LogP contribution in [0.3, 0.4) is 0 Å². The molecule has 1 N–H and O–H groups in total. The predicted octanol–water partition coefficient (Wildman–Crippen LogP) is 4.22. The maximum Gasteiger partial charge on any atom is 0.416 e. The molecule has 3 rings (SSSR count). The summed E-state index contributed by atoms with van der Waals surface area (Å²) in [7, 11) is 0. The third-order valence-electron chi connectivity index (χ3n) is 2.81. The van der Waals surface area contributed by atoms with Gasteiger partial charge in [0, 0.05) is 6.07 Å². The highest BCUT2D eigenvalue weighted by atomic mass is 32.1. The van der Waals surface area contributed by atoms with E-state index in [-0.39, 0.29) is 0 Å². The molecule has 0 spiro atoms. The van der Waals surface area contributed by atoms with E-state index in [0.717, 1.165) is 12.1 Å². The lowest BCUT2D eigenvalue weighted by atomic mass is 10.2. The van der Waals surface area contributed by atoms with Gasteiger partial charge in [0.05, 0.1) is 22.3 Å². The van der Waals surface area contributed by atoms with Crippen LogP contribution in [0.1, 0.15) is 17.0 Å². The Balaban J connectivity index is 1.80. The zero-order chi connectivity index (χ0) is 15.0.